The van der Waals surface area contributed by atoms with Crippen molar-refractivity contribution >= 4 is 14.0 Å². The highest BCUT2D eigenvalue weighted by Crippen LogP contribution is 2.45. The molecule has 2 aromatic carbocycles. The Balaban J connectivity index is 2.23. The second-order valence-electron chi connectivity index (χ2n) is 10.6. The maximum Gasteiger partial charge on any atom is 0.0647 e. The molecule has 1 unspecified atom stereocenters. The minimum atomic E-state index is -0.724. The van der Waals surface area contributed by atoms with Gasteiger partial charge in [-0.3, -0.25) is 0 Å². The average molecular weight is 381 g/mol. The molecule has 0 N–H and O–H groups in total. The molecule has 0 nitrogen and oxygen atoms in total. The van der Waals surface area contributed by atoms with Crippen LogP contribution in [0.25, 0.3) is 0 Å². The smallest absolute Gasteiger partial charge is 0.0647 e. The van der Waals surface area contributed by atoms with E-state index in [2.05, 4.69) is 103 Å². The lowest BCUT2D eigenvalue weighted by Crippen LogP contribution is -2.28. The van der Waals surface area contributed by atoms with E-state index < -0.39 is 8.80 Å². The summed E-state index contributed by atoms with van der Waals surface area (Å²) in [7, 11) is -0.724. The molecule has 0 aromatic heterocycles. The first kappa shape index (κ1) is 22.0. The third kappa shape index (κ3) is 6.64. The monoisotopic (exact) mass is 380 g/mol. The second-order valence-corrected chi connectivity index (χ2v) is 13.6. The molecule has 27 heavy (non-hydrogen) atoms. The van der Waals surface area contributed by atoms with Crippen LogP contribution >= 0.6 is 0 Å². The molecular formula is C26H40Si. The fourth-order valence-electron chi connectivity index (χ4n) is 3.97. The Bertz CT molecular complexity index is 699. The molecule has 1 heteroatoms. The lowest BCUT2D eigenvalue weighted by atomic mass is 9.66. The highest BCUT2D eigenvalue weighted by atomic mass is 28.3. The fraction of sp³-hybridized carbons (Fsp3) is 0.538. The number of rotatable bonds is 7. The van der Waals surface area contributed by atoms with Gasteiger partial charge in [0.05, 0.1) is 8.80 Å². The molecule has 0 saturated heterocycles. The van der Waals surface area contributed by atoms with Crippen molar-refractivity contribution in [3.8, 4) is 0 Å². The van der Waals surface area contributed by atoms with E-state index in [4.69, 9.17) is 0 Å². The molecule has 148 valence electrons. The van der Waals surface area contributed by atoms with Gasteiger partial charge in [-0.1, -0.05) is 107 Å². The Labute approximate surface area is 170 Å². The van der Waals surface area contributed by atoms with Crippen LogP contribution < -0.4 is 5.19 Å². The molecule has 2 rings (SSSR count). The highest BCUT2D eigenvalue weighted by molar-refractivity contribution is 6.70. The minimum Gasteiger partial charge on any atom is -0.0682 e. The molecule has 0 bridgehead atoms. The molecule has 0 fully saturated rings. The van der Waals surface area contributed by atoms with Crippen LogP contribution in [0.3, 0.4) is 0 Å². The quantitative estimate of drug-likeness (QED) is 0.460. The van der Waals surface area contributed by atoms with Crippen LogP contribution in [0.2, 0.25) is 13.1 Å². The number of benzene rings is 2. The molecule has 1 atom stereocenters. The zero-order chi connectivity index (χ0) is 20.2. The van der Waals surface area contributed by atoms with E-state index in [9.17, 15) is 0 Å². The number of aryl methyl sites for hydroxylation is 2. The van der Waals surface area contributed by atoms with Crippen LogP contribution in [0, 0.1) is 17.8 Å². The Morgan fingerprint density at radius 2 is 1.37 bits per heavy atom. The number of hydrogen-bond acceptors (Lipinski definition) is 0. The van der Waals surface area contributed by atoms with E-state index in [0.29, 0.717) is 11.3 Å². The SMILES string of the molecule is Cc1ccc(CCC(C)(C)C(CC(C)(C)C)c2ccc([SiH](C)C)cc2)cc1. The van der Waals surface area contributed by atoms with Crippen LogP contribution in [0.1, 0.15) is 70.1 Å². The van der Waals surface area contributed by atoms with Gasteiger partial charge in [-0.05, 0) is 54.1 Å². The van der Waals surface area contributed by atoms with Gasteiger partial charge in [-0.25, -0.2) is 0 Å². The third-order valence-corrected chi connectivity index (χ3v) is 7.66. The van der Waals surface area contributed by atoms with Crippen molar-refractivity contribution in [1.29, 1.82) is 0 Å². The van der Waals surface area contributed by atoms with E-state index in [0.717, 1.165) is 6.42 Å². The largest absolute Gasteiger partial charge is 0.0682 e. The summed E-state index contributed by atoms with van der Waals surface area (Å²) in [4.78, 5) is 0. The molecule has 0 spiro atoms. The summed E-state index contributed by atoms with van der Waals surface area (Å²) in [6.07, 6.45) is 3.61. The first-order valence-corrected chi connectivity index (χ1v) is 13.5. The summed E-state index contributed by atoms with van der Waals surface area (Å²) >= 11 is 0. The van der Waals surface area contributed by atoms with Gasteiger partial charge in [0.15, 0.2) is 0 Å². The van der Waals surface area contributed by atoms with Gasteiger partial charge in [0.1, 0.15) is 0 Å². The predicted molar refractivity (Wildman–Crippen MR) is 125 cm³/mol. The van der Waals surface area contributed by atoms with Gasteiger partial charge in [-0.15, -0.1) is 0 Å². The van der Waals surface area contributed by atoms with Crippen LogP contribution in [0.5, 0.6) is 0 Å². The van der Waals surface area contributed by atoms with E-state index >= 15 is 0 Å². The van der Waals surface area contributed by atoms with Gasteiger partial charge in [-0.2, -0.15) is 0 Å². The van der Waals surface area contributed by atoms with Gasteiger partial charge < -0.3 is 0 Å². The van der Waals surface area contributed by atoms with Gasteiger partial charge in [0.2, 0.25) is 0 Å². The van der Waals surface area contributed by atoms with E-state index in [-0.39, 0.29) is 5.41 Å². The lowest BCUT2D eigenvalue weighted by Gasteiger charge is -2.39. The molecule has 0 aliphatic heterocycles. The highest BCUT2D eigenvalue weighted by Gasteiger charge is 2.33. The van der Waals surface area contributed by atoms with Crippen molar-refractivity contribution in [3.63, 3.8) is 0 Å². The predicted octanol–water partition coefficient (Wildman–Crippen LogP) is 6.87. The van der Waals surface area contributed by atoms with E-state index in [1.54, 1.807) is 5.19 Å². The summed E-state index contributed by atoms with van der Waals surface area (Å²) < 4.78 is 0. The van der Waals surface area contributed by atoms with E-state index in [1.165, 1.54) is 29.5 Å². The average Bonchev–Trinajstić information content (AvgIpc) is 2.58. The maximum atomic E-state index is 2.47. The zero-order valence-electron chi connectivity index (χ0n) is 18.9. The first-order chi connectivity index (χ1) is 12.5. The maximum absolute atomic E-state index is 2.47. The molecule has 0 amide bonds. The fourth-order valence-corrected chi connectivity index (χ4v) is 4.93. The zero-order valence-corrected chi connectivity index (χ0v) is 20.0. The Morgan fingerprint density at radius 1 is 0.815 bits per heavy atom. The number of hydrogen-bond donors (Lipinski definition) is 0. The Kier molecular flexibility index (Phi) is 7.13. The van der Waals surface area contributed by atoms with Crippen molar-refractivity contribution in [1.82, 2.24) is 0 Å². The Hall–Kier alpha value is -1.34. The van der Waals surface area contributed by atoms with Gasteiger partial charge in [0, 0.05) is 0 Å². The van der Waals surface area contributed by atoms with Crippen molar-refractivity contribution in [2.45, 2.75) is 79.8 Å². The van der Waals surface area contributed by atoms with Gasteiger partial charge >= 0.3 is 0 Å². The molecular weight excluding hydrogens is 340 g/mol. The van der Waals surface area contributed by atoms with E-state index in [1.807, 2.05) is 0 Å². The molecule has 2 aromatic rings. The van der Waals surface area contributed by atoms with Gasteiger partial charge in [0.25, 0.3) is 0 Å². The third-order valence-electron chi connectivity index (χ3n) is 5.94. The summed E-state index contributed by atoms with van der Waals surface area (Å²) in [6.45, 7) is 19.1. The molecule has 0 heterocycles. The molecule has 0 saturated carbocycles. The van der Waals surface area contributed by atoms with Crippen LogP contribution in [-0.2, 0) is 6.42 Å². The van der Waals surface area contributed by atoms with Crippen LogP contribution in [0.15, 0.2) is 48.5 Å². The Morgan fingerprint density at radius 3 is 1.85 bits per heavy atom. The topological polar surface area (TPSA) is 0 Å². The lowest BCUT2D eigenvalue weighted by molar-refractivity contribution is 0.197. The van der Waals surface area contributed by atoms with Crippen LogP contribution in [0.4, 0.5) is 0 Å². The van der Waals surface area contributed by atoms with Crippen LogP contribution in [-0.4, -0.2) is 8.80 Å². The summed E-state index contributed by atoms with van der Waals surface area (Å²) in [5, 5.41) is 1.57. The summed E-state index contributed by atoms with van der Waals surface area (Å²) in [6, 6.07) is 18.7. The summed E-state index contributed by atoms with van der Waals surface area (Å²) in [5.41, 5.74) is 4.94. The van der Waals surface area contributed by atoms with Crippen molar-refractivity contribution in [2.75, 3.05) is 0 Å². The summed E-state index contributed by atoms with van der Waals surface area (Å²) in [5.74, 6) is 0.589. The molecule has 0 aliphatic rings. The van der Waals surface area contributed by atoms with Crippen molar-refractivity contribution < 1.29 is 0 Å². The first-order valence-electron chi connectivity index (χ1n) is 10.6. The second kappa shape index (κ2) is 8.77. The minimum absolute atomic E-state index is 0.273. The molecule has 0 radical (unpaired) electrons. The standard InChI is InChI=1S/C26H40Si/c1-20-9-11-21(12-10-20)17-18-26(5,6)24(19-25(2,3)4)22-13-15-23(16-14-22)27(7)8/h9-16,24,27H,17-19H2,1-8H3. The van der Waals surface area contributed by atoms with Crippen molar-refractivity contribution in [3.05, 3.63) is 65.2 Å². The van der Waals surface area contributed by atoms with Crippen molar-refractivity contribution in [2.24, 2.45) is 10.8 Å². The molecule has 0 aliphatic carbocycles. The normalized spacial score (nSPS) is 13.8.